The van der Waals surface area contributed by atoms with Gasteiger partial charge in [-0.3, -0.25) is 29.0 Å². The Bertz CT molecular complexity index is 1900. The number of alkyl halides is 3. The number of carbonyl (C=O) groups excluding carboxylic acids is 5. The number of carbonyl (C=O) groups is 5. The number of amides is 3. The topological polar surface area (TPSA) is 165 Å². The van der Waals surface area contributed by atoms with Crippen LogP contribution in [0.3, 0.4) is 0 Å². The fraction of sp³-hybridized carbons (Fsp3) is 0.619. The summed E-state index contributed by atoms with van der Waals surface area (Å²) in [6.45, 7) is 24.3. The number of pyridine rings is 1. The summed E-state index contributed by atoms with van der Waals surface area (Å²) in [7, 11) is -2.46. The van der Waals surface area contributed by atoms with E-state index in [9.17, 15) is 24.0 Å². The molecule has 3 N–H and O–H groups in total. The number of rotatable bonds is 15. The van der Waals surface area contributed by atoms with Crippen molar-refractivity contribution in [3.8, 4) is 0 Å². The first-order chi connectivity index (χ1) is 27.0. The van der Waals surface area contributed by atoms with Gasteiger partial charge < -0.3 is 24.5 Å². The van der Waals surface area contributed by atoms with Crippen LogP contribution in [0.2, 0.25) is 18.1 Å². The largest absolute Gasteiger partial charge is 0.460 e. The van der Waals surface area contributed by atoms with Crippen LogP contribution in [-0.4, -0.2) is 88.6 Å². The van der Waals surface area contributed by atoms with E-state index in [-0.39, 0.29) is 17.5 Å². The van der Waals surface area contributed by atoms with Gasteiger partial charge in [0.05, 0.1) is 22.2 Å². The van der Waals surface area contributed by atoms with Gasteiger partial charge in [0.15, 0.2) is 8.32 Å². The number of nitrogens with one attached hydrogen (secondary N) is 3. The van der Waals surface area contributed by atoms with Crippen molar-refractivity contribution in [3.05, 3.63) is 47.7 Å². The Morgan fingerprint density at radius 1 is 0.983 bits per heavy atom. The summed E-state index contributed by atoms with van der Waals surface area (Å²) in [4.78, 5) is 71.2. The third-order valence-corrected chi connectivity index (χ3v) is 16.2. The molecule has 0 aliphatic carbocycles. The fourth-order valence-corrected chi connectivity index (χ4v) is 8.25. The van der Waals surface area contributed by atoms with Crippen molar-refractivity contribution in [3.63, 3.8) is 0 Å². The molecule has 2 heterocycles. The van der Waals surface area contributed by atoms with Gasteiger partial charge in [-0.1, -0.05) is 99.8 Å². The summed E-state index contributed by atoms with van der Waals surface area (Å²) in [5.74, 6) is -2.95. The van der Waals surface area contributed by atoms with E-state index in [2.05, 4.69) is 49.9 Å². The number of aromatic nitrogens is 1. The van der Waals surface area contributed by atoms with Gasteiger partial charge in [-0.05, 0) is 89.2 Å². The number of fused-ring (bicyclic) bond motifs is 1. The van der Waals surface area contributed by atoms with E-state index in [0.717, 1.165) is 10.9 Å². The molecule has 328 valence electrons. The van der Waals surface area contributed by atoms with Gasteiger partial charge in [0, 0.05) is 18.9 Å². The van der Waals surface area contributed by atoms with Crippen molar-refractivity contribution < 1.29 is 37.9 Å². The first-order valence-corrected chi connectivity index (χ1v) is 23.9. The monoisotopic (exact) mass is 897 g/mol. The highest BCUT2D eigenvalue weighted by Gasteiger charge is 2.52. The summed E-state index contributed by atoms with van der Waals surface area (Å²) in [6.07, 6.45) is 4.00. The Morgan fingerprint density at radius 3 is 2.19 bits per heavy atom. The summed E-state index contributed by atoms with van der Waals surface area (Å²) >= 11 is 17.1. The molecule has 3 amide bonds. The van der Waals surface area contributed by atoms with E-state index in [1.165, 1.54) is 18.9 Å². The van der Waals surface area contributed by atoms with Gasteiger partial charge in [-0.25, -0.2) is 10.4 Å². The normalized spacial score (nSPS) is 18.2. The number of hydrogen-bond donors (Lipinski definition) is 3. The molecule has 1 aliphatic rings. The SMILES string of the molecule is CC(=O)O[C@H](C)c1ccc2ccc(C=CC(C)(C(=O)N[C@H](C(=O)N[C@@H](C)C(=O)N3CCC[C@@H](C(=O)OCC(Cl)(Cl)Cl)N3)C(C)C)C(C)(C)O[Si](C)(C)C(C)(C)C)cc2n1. The van der Waals surface area contributed by atoms with Gasteiger partial charge in [-0.15, -0.1) is 0 Å². The van der Waals surface area contributed by atoms with Gasteiger partial charge in [0.1, 0.15) is 30.8 Å². The highest BCUT2D eigenvalue weighted by Crippen LogP contribution is 2.45. The number of benzene rings is 1. The maximum absolute atomic E-state index is 14.8. The maximum atomic E-state index is 14.8. The van der Waals surface area contributed by atoms with Gasteiger partial charge in [0.25, 0.3) is 5.91 Å². The molecule has 0 radical (unpaired) electrons. The highest BCUT2D eigenvalue weighted by atomic mass is 35.6. The average Bonchev–Trinajstić information content (AvgIpc) is 3.12. The molecule has 1 aromatic heterocycles. The number of halogens is 3. The first-order valence-electron chi connectivity index (χ1n) is 19.9. The zero-order valence-electron chi connectivity index (χ0n) is 36.6. The fourth-order valence-electron chi connectivity index (χ4n) is 6.29. The number of ether oxygens (including phenoxy) is 2. The molecular weight excluding hydrogens is 837 g/mol. The maximum Gasteiger partial charge on any atom is 0.325 e. The lowest BCUT2D eigenvalue weighted by molar-refractivity contribution is -0.153. The first kappa shape index (κ1) is 50.1. The lowest BCUT2D eigenvalue weighted by Gasteiger charge is -2.49. The molecule has 1 unspecified atom stereocenters. The van der Waals surface area contributed by atoms with Crippen molar-refractivity contribution in [2.75, 3.05) is 13.2 Å². The second kappa shape index (κ2) is 19.6. The number of esters is 2. The van der Waals surface area contributed by atoms with Crippen LogP contribution in [0.25, 0.3) is 17.0 Å². The minimum Gasteiger partial charge on any atom is -0.460 e. The molecule has 1 fully saturated rings. The van der Waals surface area contributed by atoms with Crippen molar-refractivity contribution in [1.29, 1.82) is 0 Å². The Hall–Kier alpha value is -3.27. The summed E-state index contributed by atoms with van der Waals surface area (Å²) in [5, 5.41) is 7.76. The van der Waals surface area contributed by atoms with Crippen molar-refractivity contribution in [1.82, 2.24) is 26.1 Å². The molecule has 13 nitrogen and oxygen atoms in total. The van der Waals surface area contributed by atoms with Crippen LogP contribution in [-0.2, 0) is 37.9 Å². The molecule has 17 heteroatoms. The zero-order chi connectivity index (χ0) is 44.9. The van der Waals surface area contributed by atoms with Crippen LogP contribution in [0.5, 0.6) is 0 Å². The summed E-state index contributed by atoms with van der Waals surface area (Å²) in [5.41, 5.74) is 2.51. The summed E-state index contributed by atoms with van der Waals surface area (Å²) < 4.78 is 15.7. The zero-order valence-corrected chi connectivity index (χ0v) is 39.8. The van der Waals surface area contributed by atoms with E-state index < -0.39 is 83.6 Å². The van der Waals surface area contributed by atoms with Crippen LogP contribution in [0.15, 0.2) is 36.4 Å². The van der Waals surface area contributed by atoms with Crippen molar-refractivity contribution in [2.24, 2.45) is 11.3 Å². The van der Waals surface area contributed by atoms with E-state index in [0.29, 0.717) is 24.1 Å². The predicted octanol–water partition coefficient (Wildman–Crippen LogP) is 7.73. The van der Waals surface area contributed by atoms with E-state index in [1.54, 1.807) is 33.8 Å². The van der Waals surface area contributed by atoms with E-state index >= 15 is 0 Å². The molecule has 0 spiro atoms. The standard InChI is InChI=1S/C42H62Cl3N5O8Si/c1-25(2)34(35(52)46-26(3)36(53)50-22-14-15-32(49-50)37(54)56-24-42(43,44)45)48-38(55)41(11,40(9,10)58-59(12,13)39(6,7)8)21-20-29-16-17-30-18-19-31(47-33(30)23-29)27(4)57-28(5)51/h16-21,23,25-27,32,34,49H,14-15,22,24H2,1-13H3,(H,46,52)(H,48,55)/t26-,27+,32-,34-,41?/m0/s1. The minimum absolute atomic E-state index is 0.173. The van der Waals surface area contributed by atoms with Crippen LogP contribution in [0, 0.1) is 11.3 Å². The molecule has 59 heavy (non-hydrogen) atoms. The number of nitrogens with zero attached hydrogens (tertiary/aromatic N) is 2. The van der Waals surface area contributed by atoms with Crippen molar-refractivity contribution >= 4 is 89.8 Å². The second-order valence-corrected chi connectivity index (χ2v) is 25.1. The molecule has 1 aromatic carbocycles. The predicted molar refractivity (Wildman–Crippen MR) is 235 cm³/mol. The average molecular weight is 899 g/mol. The smallest absolute Gasteiger partial charge is 0.325 e. The lowest BCUT2D eigenvalue weighted by atomic mass is 9.73. The van der Waals surface area contributed by atoms with Crippen LogP contribution >= 0.6 is 34.8 Å². The molecular formula is C42H62Cl3N5O8Si. The molecule has 1 aliphatic heterocycles. The van der Waals surface area contributed by atoms with E-state index in [4.69, 9.17) is 53.7 Å². The van der Waals surface area contributed by atoms with Crippen LogP contribution in [0.1, 0.15) is 106 Å². The number of hydrogen-bond acceptors (Lipinski definition) is 10. The Labute approximate surface area is 365 Å². The molecule has 3 rings (SSSR count). The quantitative estimate of drug-likeness (QED) is 0.0916. The highest BCUT2D eigenvalue weighted by molar-refractivity contribution is 6.74. The van der Waals surface area contributed by atoms with Gasteiger partial charge in [0.2, 0.25) is 15.6 Å². The van der Waals surface area contributed by atoms with Crippen LogP contribution in [0.4, 0.5) is 0 Å². The third kappa shape index (κ3) is 13.4. The van der Waals surface area contributed by atoms with Gasteiger partial charge in [-0.2, -0.15) is 0 Å². The Kier molecular flexibility index (Phi) is 16.7. The summed E-state index contributed by atoms with van der Waals surface area (Å²) in [6, 6.07) is 6.57. The van der Waals surface area contributed by atoms with E-state index in [1.807, 2.05) is 50.3 Å². The lowest BCUT2D eigenvalue weighted by Crippen LogP contribution is -2.63. The third-order valence-electron chi connectivity index (χ3n) is 11.2. The Morgan fingerprint density at radius 2 is 1.61 bits per heavy atom. The minimum atomic E-state index is -2.46. The molecule has 0 bridgehead atoms. The molecule has 2 aromatic rings. The number of hydrazine groups is 1. The molecule has 1 saturated heterocycles. The second-order valence-electron chi connectivity index (χ2n) is 17.8. The molecule has 0 saturated carbocycles. The Balaban J connectivity index is 1.91. The van der Waals surface area contributed by atoms with Crippen molar-refractivity contribution in [2.45, 2.75) is 141 Å². The molecule has 5 atom stereocenters. The van der Waals surface area contributed by atoms with Gasteiger partial charge >= 0.3 is 11.9 Å². The van der Waals surface area contributed by atoms with Crippen LogP contribution < -0.4 is 16.1 Å².